The van der Waals surface area contributed by atoms with E-state index in [0.29, 0.717) is 0 Å². The predicted molar refractivity (Wildman–Crippen MR) is 101 cm³/mol. The molecule has 130 valence electrons. The SMILES string of the molecule is COc1cccc(OC)c1CN(Cc1cccnc1)Cc1cccs1. The van der Waals surface area contributed by atoms with Gasteiger partial charge in [-0.05, 0) is 35.2 Å². The third-order valence-electron chi connectivity index (χ3n) is 4.00. The highest BCUT2D eigenvalue weighted by atomic mass is 32.1. The molecule has 0 radical (unpaired) electrons. The molecule has 0 saturated carbocycles. The van der Waals surface area contributed by atoms with E-state index in [1.165, 1.54) is 10.4 Å². The molecule has 0 fully saturated rings. The molecule has 0 unspecified atom stereocenters. The van der Waals surface area contributed by atoms with Crippen molar-refractivity contribution in [3.8, 4) is 11.5 Å². The molecule has 0 aliphatic rings. The number of rotatable bonds is 8. The van der Waals surface area contributed by atoms with E-state index in [-0.39, 0.29) is 0 Å². The number of hydrogen-bond acceptors (Lipinski definition) is 5. The van der Waals surface area contributed by atoms with E-state index in [9.17, 15) is 0 Å². The van der Waals surface area contributed by atoms with Crippen LogP contribution in [0.3, 0.4) is 0 Å². The lowest BCUT2D eigenvalue weighted by atomic mass is 10.1. The maximum atomic E-state index is 5.56. The average Bonchev–Trinajstić information content (AvgIpc) is 3.15. The van der Waals surface area contributed by atoms with Crippen LogP contribution in [-0.2, 0) is 19.6 Å². The Labute approximate surface area is 152 Å². The molecule has 3 aromatic rings. The van der Waals surface area contributed by atoms with Gasteiger partial charge in [-0.25, -0.2) is 0 Å². The van der Waals surface area contributed by atoms with Crippen LogP contribution in [0.25, 0.3) is 0 Å². The number of thiophene rings is 1. The van der Waals surface area contributed by atoms with Crippen molar-refractivity contribution in [2.45, 2.75) is 19.6 Å². The Balaban J connectivity index is 1.87. The molecular formula is C20H22N2O2S. The number of methoxy groups -OCH3 is 2. The third-order valence-corrected chi connectivity index (χ3v) is 4.86. The smallest absolute Gasteiger partial charge is 0.127 e. The summed E-state index contributed by atoms with van der Waals surface area (Å²) in [4.78, 5) is 7.95. The van der Waals surface area contributed by atoms with Gasteiger partial charge in [-0.2, -0.15) is 0 Å². The van der Waals surface area contributed by atoms with Crippen LogP contribution in [0, 0.1) is 0 Å². The zero-order valence-corrected chi connectivity index (χ0v) is 15.3. The van der Waals surface area contributed by atoms with Gasteiger partial charge in [0.1, 0.15) is 11.5 Å². The summed E-state index contributed by atoms with van der Waals surface area (Å²) < 4.78 is 11.1. The monoisotopic (exact) mass is 354 g/mol. The second-order valence-corrected chi connectivity index (χ2v) is 6.76. The van der Waals surface area contributed by atoms with Crippen molar-refractivity contribution in [3.63, 3.8) is 0 Å². The van der Waals surface area contributed by atoms with Crippen LogP contribution in [-0.4, -0.2) is 24.1 Å². The molecule has 0 saturated heterocycles. The van der Waals surface area contributed by atoms with Crippen LogP contribution < -0.4 is 9.47 Å². The van der Waals surface area contributed by atoms with Gasteiger partial charge < -0.3 is 9.47 Å². The summed E-state index contributed by atoms with van der Waals surface area (Å²) in [5.41, 5.74) is 2.25. The molecule has 0 atom stereocenters. The number of hydrogen-bond donors (Lipinski definition) is 0. The maximum absolute atomic E-state index is 5.56. The highest BCUT2D eigenvalue weighted by Crippen LogP contribution is 2.30. The highest BCUT2D eigenvalue weighted by molar-refractivity contribution is 7.09. The first-order valence-electron chi connectivity index (χ1n) is 8.13. The Bertz CT molecular complexity index is 753. The Morgan fingerprint density at radius 2 is 1.72 bits per heavy atom. The Kier molecular flexibility index (Phi) is 6.04. The van der Waals surface area contributed by atoms with Crippen molar-refractivity contribution in [2.75, 3.05) is 14.2 Å². The van der Waals surface area contributed by atoms with Gasteiger partial charge in [0.15, 0.2) is 0 Å². The van der Waals surface area contributed by atoms with Crippen LogP contribution in [0.2, 0.25) is 0 Å². The largest absolute Gasteiger partial charge is 0.496 e. The van der Waals surface area contributed by atoms with Crippen molar-refractivity contribution < 1.29 is 9.47 Å². The van der Waals surface area contributed by atoms with E-state index < -0.39 is 0 Å². The Morgan fingerprint density at radius 1 is 0.920 bits per heavy atom. The Hall–Kier alpha value is -2.37. The maximum Gasteiger partial charge on any atom is 0.127 e. The van der Waals surface area contributed by atoms with E-state index in [1.807, 2.05) is 30.5 Å². The fourth-order valence-corrected chi connectivity index (χ4v) is 3.59. The molecule has 2 aromatic heterocycles. The molecule has 2 heterocycles. The normalized spacial score (nSPS) is 10.8. The summed E-state index contributed by atoms with van der Waals surface area (Å²) in [6.07, 6.45) is 3.72. The molecule has 4 nitrogen and oxygen atoms in total. The molecule has 1 aromatic carbocycles. The van der Waals surface area contributed by atoms with Gasteiger partial charge in [0, 0.05) is 36.9 Å². The molecule has 0 N–H and O–H groups in total. The number of ether oxygens (including phenoxy) is 2. The predicted octanol–water partition coefficient (Wildman–Crippen LogP) is 4.36. The highest BCUT2D eigenvalue weighted by Gasteiger charge is 2.16. The molecule has 0 amide bonds. The lowest BCUT2D eigenvalue weighted by molar-refractivity contribution is 0.241. The van der Waals surface area contributed by atoms with Gasteiger partial charge in [-0.15, -0.1) is 11.3 Å². The molecule has 3 rings (SSSR count). The van der Waals surface area contributed by atoms with E-state index >= 15 is 0 Å². The number of aromatic nitrogens is 1. The second kappa shape index (κ2) is 8.65. The average molecular weight is 354 g/mol. The van der Waals surface area contributed by atoms with Crippen molar-refractivity contribution in [1.82, 2.24) is 9.88 Å². The first kappa shape index (κ1) is 17.5. The summed E-state index contributed by atoms with van der Waals surface area (Å²) in [5.74, 6) is 1.70. The molecule has 0 aliphatic carbocycles. The minimum atomic E-state index is 0.736. The van der Waals surface area contributed by atoms with Gasteiger partial charge in [0.25, 0.3) is 0 Å². The molecule has 0 spiro atoms. The van der Waals surface area contributed by atoms with Crippen LogP contribution >= 0.6 is 11.3 Å². The standard InChI is InChI=1S/C20H22N2O2S/c1-23-19-8-3-9-20(24-2)18(19)15-22(14-17-7-5-11-25-17)13-16-6-4-10-21-12-16/h3-12H,13-15H2,1-2H3. The summed E-state index contributed by atoms with van der Waals surface area (Å²) in [6.45, 7) is 2.42. The molecule has 0 aliphatic heterocycles. The lowest BCUT2D eigenvalue weighted by Gasteiger charge is -2.24. The van der Waals surface area contributed by atoms with Crippen molar-refractivity contribution >= 4 is 11.3 Å². The van der Waals surface area contributed by atoms with E-state index in [1.54, 1.807) is 31.8 Å². The Morgan fingerprint density at radius 3 is 2.32 bits per heavy atom. The van der Waals surface area contributed by atoms with E-state index in [4.69, 9.17) is 9.47 Å². The summed E-state index contributed by atoms with van der Waals surface area (Å²) >= 11 is 1.77. The van der Waals surface area contributed by atoms with Gasteiger partial charge in [-0.3, -0.25) is 9.88 Å². The summed E-state index contributed by atoms with van der Waals surface area (Å²) in [7, 11) is 3.39. The van der Waals surface area contributed by atoms with E-state index in [2.05, 4.69) is 33.5 Å². The van der Waals surface area contributed by atoms with Crippen LogP contribution in [0.4, 0.5) is 0 Å². The van der Waals surface area contributed by atoms with Gasteiger partial charge >= 0.3 is 0 Å². The zero-order valence-electron chi connectivity index (χ0n) is 14.5. The second-order valence-electron chi connectivity index (χ2n) is 5.73. The van der Waals surface area contributed by atoms with Crippen LogP contribution in [0.5, 0.6) is 11.5 Å². The summed E-state index contributed by atoms with van der Waals surface area (Å²) in [5, 5.41) is 2.11. The van der Waals surface area contributed by atoms with Gasteiger partial charge in [0.2, 0.25) is 0 Å². The van der Waals surface area contributed by atoms with Crippen molar-refractivity contribution in [1.29, 1.82) is 0 Å². The van der Waals surface area contributed by atoms with Crippen molar-refractivity contribution in [2.24, 2.45) is 0 Å². The molecule has 0 bridgehead atoms. The van der Waals surface area contributed by atoms with Crippen LogP contribution in [0.15, 0.2) is 60.2 Å². The van der Waals surface area contributed by atoms with E-state index in [0.717, 1.165) is 36.7 Å². The molecule has 25 heavy (non-hydrogen) atoms. The molecule has 5 heteroatoms. The lowest BCUT2D eigenvalue weighted by Crippen LogP contribution is -2.22. The van der Waals surface area contributed by atoms with Gasteiger partial charge in [0.05, 0.1) is 19.8 Å². The van der Waals surface area contributed by atoms with Gasteiger partial charge in [-0.1, -0.05) is 18.2 Å². The first-order valence-corrected chi connectivity index (χ1v) is 9.01. The molecular weight excluding hydrogens is 332 g/mol. The first-order chi connectivity index (χ1) is 12.3. The fourth-order valence-electron chi connectivity index (χ4n) is 2.85. The third kappa shape index (κ3) is 4.59. The minimum absolute atomic E-state index is 0.736. The minimum Gasteiger partial charge on any atom is -0.496 e. The topological polar surface area (TPSA) is 34.6 Å². The number of pyridine rings is 1. The number of nitrogens with zero attached hydrogens (tertiary/aromatic N) is 2. The summed E-state index contributed by atoms with van der Waals surface area (Å²) in [6, 6.07) is 14.2. The quantitative estimate of drug-likeness (QED) is 0.602. The van der Waals surface area contributed by atoms with Crippen LogP contribution in [0.1, 0.15) is 16.0 Å². The van der Waals surface area contributed by atoms with Crippen molar-refractivity contribution in [3.05, 3.63) is 76.2 Å². The fraction of sp³-hybridized carbons (Fsp3) is 0.250. The number of benzene rings is 1. The zero-order chi connectivity index (χ0) is 17.5.